The van der Waals surface area contributed by atoms with Crippen LogP contribution in [0.25, 0.3) is 0 Å². The van der Waals surface area contributed by atoms with E-state index in [1.165, 1.54) is 0 Å². The molecule has 0 radical (unpaired) electrons. The molecule has 1 aliphatic rings. The number of likely N-dealkylation sites (tertiary alicyclic amines) is 1. The van der Waals surface area contributed by atoms with Crippen molar-refractivity contribution in [2.45, 2.75) is 44.6 Å². The third kappa shape index (κ3) is 6.55. The van der Waals surface area contributed by atoms with Gasteiger partial charge in [0, 0.05) is 13.1 Å². The molecule has 5 nitrogen and oxygen atoms in total. The molecule has 1 aromatic rings. The summed E-state index contributed by atoms with van der Waals surface area (Å²) in [6.07, 6.45) is 9.47. The molecule has 1 fully saturated rings. The van der Waals surface area contributed by atoms with Crippen LogP contribution in [0.5, 0.6) is 5.75 Å². The molecular formula is C23H32N2O3. The lowest BCUT2D eigenvalue weighted by Crippen LogP contribution is -2.65. The second-order valence-corrected chi connectivity index (χ2v) is 7.06. The lowest BCUT2D eigenvalue weighted by molar-refractivity contribution is -0.158. The van der Waals surface area contributed by atoms with Gasteiger partial charge >= 0.3 is 0 Å². The number of amides is 2. The van der Waals surface area contributed by atoms with Crippen LogP contribution in [0.2, 0.25) is 0 Å². The summed E-state index contributed by atoms with van der Waals surface area (Å²) < 4.78 is 5.61. The summed E-state index contributed by atoms with van der Waals surface area (Å²) in [5.41, 5.74) is 0. The number of hydrogen-bond acceptors (Lipinski definition) is 3. The molecule has 2 amide bonds. The number of nitrogens with zero attached hydrogens (tertiary/aromatic N) is 2. The van der Waals surface area contributed by atoms with Gasteiger partial charge in [0.15, 0.2) is 6.61 Å². The van der Waals surface area contributed by atoms with Gasteiger partial charge in [0.05, 0.1) is 6.54 Å². The predicted octanol–water partition coefficient (Wildman–Crippen LogP) is 3.82. The van der Waals surface area contributed by atoms with E-state index in [0.717, 1.165) is 45.1 Å². The van der Waals surface area contributed by atoms with Crippen LogP contribution in [0.1, 0.15) is 38.5 Å². The molecule has 1 aliphatic heterocycles. The Hall–Kier alpha value is -2.56. The second kappa shape index (κ2) is 12.0. The van der Waals surface area contributed by atoms with E-state index < -0.39 is 0 Å². The van der Waals surface area contributed by atoms with Crippen LogP contribution in [-0.4, -0.2) is 53.9 Å². The van der Waals surface area contributed by atoms with Gasteiger partial charge in [-0.3, -0.25) is 9.59 Å². The molecule has 0 spiro atoms. The van der Waals surface area contributed by atoms with E-state index >= 15 is 0 Å². The van der Waals surface area contributed by atoms with Gasteiger partial charge < -0.3 is 14.5 Å². The first kappa shape index (κ1) is 21.7. The molecule has 0 bridgehead atoms. The quantitative estimate of drug-likeness (QED) is 0.278. The molecule has 152 valence electrons. The SMILES string of the molecule is C=CCCCCN1C[C@H](N(CCCCC=C)C(=O)COc2ccccc2)C1=O. The summed E-state index contributed by atoms with van der Waals surface area (Å²) >= 11 is 0. The summed E-state index contributed by atoms with van der Waals surface area (Å²) in [6.45, 7) is 9.35. The molecule has 1 heterocycles. The maximum atomic E-state index is 12.8. The Morgan fingerprint density at radius 2 is 1.79 bits per heavy atom. The van der Waals surface area contributed by atoms with Gasteiger partial charge in [0.1, 0.15) is 11.8 Å². The first-order valence-electron chi connectivity index (χ1n) is 10.1. The molecule has 2 rings (SSSR count). The van der Waals surface area contributed by atoms with E-state index in [2.05, 4.69) is 13.2 Å². The third-order valence-corrected chi connectivity index (χ3v) is 4.94. The Bertz CT molecular complexity index is 645. The van der Waals surface area contributed by atoms with E-state index in [-0.39, 0.29) is 24.5 Å². The fourth-order valence-electron chi connectivity index (χ4n) is 3.27. The fraction of sp³-hybridized carbons (Fsp3) is 0.478. The van der Waals surface area contributed by atoms with Crippen molar-refractivity contribution in [3.8, 4) is 5.75 Å². The van der Waals surface area contributed by atoms with Gasteiger partial charge in [0.25, 0.3) is 5.91 Å². The maximum absolute atomic E-state index is 12.8. The molecule has 0 unspecified atom stereocenters. The van der Waals surface area contributed by atoms with Crippen molar-refractivity contribution in [3.05, 3.63) is 55.6 Å². The molecule has 5 heteroatoms. The number of allylic oxidation sites excluding steroid dienone is 2. The Balaban J connectivity index is 1.87. The molecule has 0 aromatic heterocycles. The molecule has 0 saturated carbocycles. The molecule has 0 aliphatic carbocycles. The van der Waals surface area contributed by atoms with Gasteiger partial charge in [-0.25, -0.2) is 0 Å². The third-order valence-electron chi connectivity index (χ3n) is 4.94. The van der Waals surface area contributed by atoms with Gasteiger partial charge in [-0.2, -0.15) is 0 Å². The van der Waals surface area contributed by atoms with E-state index in [9.17, 15) is 9.59 Å². The standard InChI is InChI=1S/C23H32N2O3/c1-3-5-7-12-16-24-18-21(23(24)27)25(17-13-8-6-4-2)22(26)19-28-20-14-10-9-11-15-20/h3-4,9-11,14-15,21H,1-2,5-8,12-13,16-19H2/t21-/m0/s1. The second-order valence-electron chi connectivity index (χ2n) is 7.06. The number of benzene rings is 1. The molecule has 1 atom stereocenters. The van der Waals surface area contributed by atoms with Gasteiger partial charge in [-0.1, -0.05) is 30.4 Å². The lowest BCUT2D eigenvalue weighted by atomic mass is 10.0. The summed E-state index contributed by atoms with van der Waals surface area (Å²) in [7, 11) is 0. The number of rotatable bonds is 14. The van der Waals surface area contributed by atoms with Crippen molar-refractivity contribution >= 4 is 11.8 Å². The lowest BCUT2D eigenvalue weighted by Gasteiger charge is -2.44. The Labute approximate surface area is 168 Å². The Morgan fingerprint density at radius 3 is 2.43 bits per heavy atom. The number of carbonyl (C=O) groups is 2. The molecular weight excluding hydrogens is 352 g/mol. The topological polar surface area (TPSA) is 49.9 Å². The van der Waals surface area contributed by atoms with E-state index in [4.69, 9.17) is 4.74 Å². The van der Waals surface area contributed by atoms with Crippen molar-refractivity contribution in [1.82, 2.24) is 9.80 Å². The van der Waals surface area contributed by atoms with E-state index in [0.29, 0.717) is 18.8 Å². The number of hydrogen-bond donors (Lipinski definition) is 0. The zero-order valence-corrected chi connectivity index (χ0v) is 16.7. The first-order valence-corrected chi connectivity index (χ1v) is 10.1. The molecule has 1 saturated heterocycles. The van der Waals surface area contributed by atoms with Crippen LogP contribution in [0.3, 0.4) is 0 Å². The number of carbonyl (C=O) groups excluding carboxylic acids is 2. The highest BCUT2D eigenvalue weighted by molar-refractivity contribution is 5.92. The van der Waals surface area contributed by atoms with Crippen molar-refractivity contribution in [2.24, 2.45) is 0 Å². The zero-order chi connectivity index (χ0) is 20.2. The highest BCUT2D eigenvalue weighted by atomic mass is 16.5. The largest absolute Gasteiger partial charge is 0.484 e. The Morgan fingerprint density at radius 1 is 1.11 bits per heavy atom. The highest BCUT2D eigenvalue weighted by Crippen LogP contribution is 2.20. The summed E-state index contributed by atoms with van der Waals surface area (Å²) in [4.78, 5) is 28.9. The molecule has 0 N–H and O–H groups in total. The first-order chi connectivity index (χ1) is 13.7. The summed E-state index contributed by atoms with van der Waals surface area (Å²) in [6, 6.07) is 8.92. The molecule has 1 aromatic carbocycles. The van der Waals surface area contributed by atoms with Crippen LogP contribution >= 0.6 is 0 Å². The fourth-order valence-corrected chi connectivity index (χ4v) is 3.27. The smallest absolute Gasteiger partial charge is 0.261 e. The van der Waals surface area contributed by atoms with Crippen LogP contribution in [0.15, 0.2) is 55.6 Å². The van der Waals surface area contributed by atoms with Gasteiger partial charge in [0.2, 0.25) is 5.91 Å². The van der Waals surface area contributed by atoms with Gasteiger partial charge in [-0.05, 0) is 50.7 Å². The van der Waals surface area contributed by atoms with Crippen LogP contribution in [0.4, 0.5) is 0 Å². The predicted molar refractivity (Wildman–Crippen MR) is 112 cm³/mol. The number of ether oxygens (including phenoxy) is 1. The molecule has 28 heavy (non-hydrogen) atoms. The van der Waals surface area contributed by atoms with Crippen molar-refractivity contribution < 1.29 is 14.3 Å². The van der Waals surface area contributed by atoms with E-state index in [1.807, 2.05) is 47.4 Å². The van der Waals surface area contributed by atoms with Crippen LogP contribution in [-0.2, 0) is 9.59 Å². The Kier molecular flexibility index (Phi) is 9.32. The normalized spacial score (nSPS) is 15.6. The minimum Gasteiger partial charge on any atom is -0.484 e. The average Bonchev–Trinajstić information content (AvgIpc) is 2.72. The minimum atomic E-state index is -0.352. The zero-order valence-electron chi connectivity index (χ0n) is 16.7. The van der Waals surface area contributed by atoms with Crippen LogP contribution < -0.4 is 4.74 Å². The average molecular weight is 385 g/mol. The highest BCUT2D eigenvalue weighted by Gasteiger charge is 2.42. The van der Waals surface area contributed by atoms with E-state index in [1.54, 1.807) is 4.90 Å². The van der Waals surface area contributed by atoms with Crippen LogP contribution in [0, 0.1) is 0 Å². The monoisotopic (exact) mass is 384 g/mol. The summed E-state index contributed by atoms with van der Waals surface area (Å²) in [5, 5.41) is 0. The summed E-state index contributed by atoms with van der Waals surface area (Å²) in [5.74, 6) is 0.578. The van der Waals surface area contributed by atoms with Crippen molar-refractivity contribution in [1.29, 1.82) is 0 Å². The van der Waals surface area contributed by atoms with Gasteiger partial charge in [-0.15, -0.1) is 13.2 Å². The van der Waals surface area contributed by atoms with Crippen molar-refractivity contribution in [2.75, 3.05) is 26.2 Å². The minimum absolute atomic E-state index is 0.0470. The van der Waals surface area contributed by atoms with Crippen molar-refractivity contribution in [3.63, 3.8) is 0 Å². The number of β-lactam (4-membered cyclic amide) rings is 1. The maximum Gasteiger partial charge on any atom is 0.261 e. The number of para-hydroxylation sites is 1. The number of unbranched alkanes of at least 4 members (excludes halogenated alkanes) is 4.